The molecule has 1 unspecified atom stereocenters. The molecule has 118 valence electrons. The number of benzene rings is 1. The van der Waals surface area contributed by atoms with Crippen LogP contribution >= 0.6 is 0 Å². The molecule has 0 saturated heterocycles. The molecule has 0 aliphatic rings. The second kappa shape index (κ2) is 8.51. The number of amides is 1. The summed E-state index contributed by atoms with van der Waals surface area (Å²) in [4.78, 5) is 10.6. The molecule has 6 nitrogen and oxygen atoms in total. The van der Waals surface area contributed by atoms with E-state index in [0.29, 0.717) is 24.3 Å². The van der Waals surface area contributed by atoms with Gasteiger partial charge < -0.3 is 10.1 Å². The number of carbonyl (C=O) groups excluding carboxylic acids is 1. The lowest BCUT2D eigenvalue weighted by molar-refractivity contribution is -0.110. The first-order valence-corrected chi connectivity index (χ1v) is 8.50. The van der Waals surface area contributed by atoms with Crippen molar-refractivity contribution in [2.75, 3.05) is 17.6 Å². The van der Waals surface area contributed by atoms with Crippen LogP contribution in [-0.4, -0.2) is 33.7 Å². The molecular formula is C14H22N2O4S. The highest BCUT2D eigenvalue weighted by Crippen LogP contribution is 2.24. The van der Waals surface area contributed by atoms with Gasteiger partial charge in [-0.05, 0) is 18.6 Å². The standard InChI is InChI=1S/C14H22N2O4S/c1-3-4-7-12(15-11-17)10-21(18,19)16-13-8-5-6-9-14(13)20-2/h5-6,8-9,11-12,16H,3-4,7,10H2,1-2H3,(H,15,17). The summed E-state index contributed by atoms with van der Waals surface area (Å²) in [6.07, 6.45) is 2.97. The van der Waals surface area contributed by atoms with Crippen molar-refractivity contribution in [1.29, 1.82) is 0 Å². The minimum atomic E-state index is -3.57. The van der Waals surface area contributed by atoms with Crippen molar-refractivity contribution in [2.45, 2.75) is 32.2 Å². The fourth-order valence-corrected chi connectivity index (χ4v) is 3.34. The van der Waals surface area contributed by atoms with Gasteiger partial charge in [-0.1, -0.05) is 31.9 Å². The van der Waals surface area contributed by atoms with Gasteiger partial charge in [0.2, 0.25) is 16.4 Å². The van der Waals surface area contributed by atoms with Gasteiger partial charge in [0, 0.05) is 6.04 Å². The molecule has 0 fully saturated rings. The molecule has 7 heteroatoms. The lowest BCUT2D eigenvalue weighted by atomic mass is 10.1. The van der Waals surface area contributed by atoms with E-state index in [2.05, 4.69) is 10.0 Å². The number of anilines is 1. The van der Waals surface area contributed by atoms with Gasteiger partial charge in [-0.25, -0.2) is 8.42 Å². The molecule has 1 rings (SSSR count). The molecule has 0 radical (unpaired) electrons. The Morgan fingerprint density at radius 3 is 2.67 bits per heavy atom. The van der Waals surface area contributed by atoms with Crippen LogP contribution in [0.3, 0.4) is 0 Å². The van der Waals surface area contributed by atoms with Crippen molar-refractivity contribution in [3.05, 3.63) is 24.3 Å². The van der Waals surface area contributed by atoms with Crippen LogP contribution < -0.4 is 14.8 Å². The van der Waals surface area contributed by atoms with E-state index in [1.807, 2.05) is 6.92 Å². The third-order valence-corrected chi connectivity index (χ3v) is 4.38. The summed E-state index contributed by atoms with van der Waals surface area (Å²) >= 11 is 0. The Morgan fingerprint density at radius 1 is 1.33 bits per heavy atom. The van der Waals surface area contributed by atoms with Crippen LogP contribution in [0.4, 0.5) is 5.69 Å². The predicted molar refractivity (Wildman–Crippen MR) is 82.9 cm³/mol. The Bertz CT molecular complexity index is 546. The largest absolute Gasteiger partial charge is 0.495 e. The third kappa shape index (κ3) is 6.03. The number of carbonyl (C=O) groups is 1. The number of sulfonamides is 1. The monoisotopic (exact) mass is 314 g/mol. The number of rotatable bonds is 10. The number of ether oxygens (including phenoxy) is 1. The Balaban J connectivity index is 2.77. The quantitative estimate of drug-likeness (QED) is 0.644. The van der Waals surface area contributed by atoms with Gasteiger partial charge in [-0.3, -0.25) is 9.52 Å². The average molecular weight is 314 g/mol. The SMILES string of the molecule is CCCCC(CS(=O)(=O)Nc1ccccc1OC)NC=O. The molecule has 1 aromatic carbocycles. The summed E-state index contributed by atoms with van der Waals surface area (Å²) in [5.41, 5.74) is 0.389. The van der Waals surface area contributed by atoms with E-state index in [9.17, 15) is 13.2 Å². The van der Waals surface area contributed by atoms with Crippen LogP contribution in [0, 0.1) is 0 Å². The fraction of sp³-hybridized carbons (Fsp3) is 0.500. The molecule has 1 aromatic rings. The number of hydrogen-bond acceptors (Lipinski definition) is 4. The normalized spacial score (nSPS) is 12.5. The Labute approximate surface area is 125 Å². The lowest BCUT2D eigenvalue weighted by Crippen LogP contribution is -2.36. The van der Waals surface area contributed by atoms with Crippen LogP contribution in [0.15, 0.2) is 24.3 Å². The van der Waals surface area contributed by atoms with Gasteiger partial charge >= 0.3 is 0 Å². The van der Waals surface area contributed by atoms with Gasteiger partial charge in [-0.2, -0.15) is 0 Å². The fourth-order valence-electron chi connectivity index (χ4n) is 1.96. The highest BCUT2D eigenvalue weighted by Gasteiger charge is 2.19. The molecule has 1 amide bonds. The maximum atomic E-state index is 12.2. The average Bonchev–Trinajstić information content (AvgIpc) is 2.45. The van der Waals surface area contributed by atoms with E-state index in [0.717, 1.165) is 12.8 Å². The number of methoxy groups -OCH3 is 1. The van der Waals surface area contributed by atoms with Crippen LogP contribution in [0.2, 0.25) is 0 Å². The summed E-state index contributed by atoms with van der Waals surface area (Å²) in [6.45, 7) is 2.01. The Kier molecular flexibility index (Phi) is 7.01. The molecule has 0 saturated carbocycles. The van der Waals surface area contributed by atoms with Gasteiger partial charge in [0.25, 0.3) is 0 Å². The minimum Gasteiger partial charge on any atom is -0.495 e. The topological polar surface area (TPSA) is 84.5 Å². The second-order valence-corrected chi connectivity index (χ2v) is 6.47. The smallest absolute Gasteiger partial charge is 0.234 e. The maximum absolute atomic E-state index is 12.2. The zero-order valence-corrected chi connectivity index (χ0v) is 13.2. The summed E-state index contributed by atoms with van der Waals surface area (Å²) in [5, 5.41) is 2.56. The molecule has 0 bridgehead atoms. The summed E-state index contributed by atoms with van der Waals surface area (Å²) in [5.74, 6) is 0.290. The molecule has 2 N–H and O–H groups in total. The van der Waals surface area contributed by atoms with Crippen molar-refractivity contribution < 1.29 is 17.9 Å². The second-order valence-electron chi connectivity index (χ2n) is 4.71. The van der Waals surface area contributed by atoms with E-state index < -0.39 is 16.1 Å². The molecule has 0 aliphatic carbocycles. The van der Waals surface area contributed by atoms with E-state index in [-0.39, 0.29) is 5.75 Å². The molecule has 0 aromatic heterocycles. The first kappa shape index (κ1) is 17.3. The molecular weight excluding hydrogens is 292 g/mol. The highest BCUT2D eigenvalue weighted by atomic mass is 32.2. The molecule has 1 atom stereocenters. The maximum Gasteiger partial charge on any atom is 0.234 e. The first-order chi connectivity index (χ1) is 10.0. The zero-order chi connectivity index (χ0) is 15.7. The van der Waals surface area contributed by atoms with Gasteiger partial charge in [0.1, 0.15) is 5.75 Å². The molecule has 0 aliphatic heterocycles. The molecule has 0 spiro atoms. The van der Waals surface area contributed by atoms with Crippen LogP contribution in [0.25, 0.3) is 0 Å². The van der Waals surface area contributed by atoms with E-state index in [4.69, 9.17) is 4.74 Å². The van der Waals surface area contributed by atoms with Gasteiger partial charge in [-0.15, -0.1) is 0 Å². The van der Waals surface area contributed by atoms with Crippen LogP contribution in [-0.2, 0) is 14.8 Å². The van der Waals surface area contributed by atoms with E-state index >= 15 is 0 Å². The minimum absolute atomic E-state index is 0.163. The van der Waals surface area contributed by atoms with E-state index in [1.165, 1.54) is 7.11 Å². The highest BCUT2D eigenvalue weighted by molar-refractivity contribution is 7.92. The number of para-hydroxylation sites is 2. The van der Waals surface area contributed by atoms with Crippen LogP contribution in [0.1, 0.15) is 26.2 Å². The summed E-state index contributed by atoms with van der Waals surface area (Å²) in [7, 11) is -2.09. The van der Waals surface area contributed by atoms with Crippen molar-refractivity contribution in [2.24, 2.45) is 0 Å². The van der Waals surface area contributed by atoms with Crippen molar-refractivity contribution >= 4 is 22.1 Å². The van der Waals surface area contributed by atoms with Crippen molar-refractivity contribution in [3.8, 4) is 5.75 Å². The Morgan fingerprint density at radius 2 is 2.05 bits per heavy atom. The summed E-state index contributed by atoms with van der Waals surface area (Å²) in [6, 6.07) is 6.39. The lowest BCUT2D eigenvalue weighted by Gasteiger charge is -2.17. The van der Waals surface area contributed by atoms with Gasteiger partial charge in [0.05, 0.1) is 18.6 Å². The predicted octanol–water partition coefficient (Wildman–Crippen LogP) is 1.74. The van der Waals surface area contributed by atoms with Crippen molar-refractivity contribution in [3.63, 3.8) is 0 Å². The third-order valence-electron chi connectivity index (χ3n) is 3.00. The number of nitrogens with one attached hydrogen (secondary N) is 2. The zero-order valence-electron chi connectivity index (χ0n) is 12.3. The first-order valence-electron chi connectivity index (χ1n) is 6.85. The van der Waals surface area contributed by atoms with Gasteiger partial charge in [0.15, 0.2) is 0 Å². The number of hydrogen-bond donors (Lipinski definition) is 2. The number of unbranched alkanes of at least 4 members (excludes halogenated alkanes) is 1. The molecule has 21 heavy (non-hydrogen) atoms. The Hall–Kier alpha value is -1.76. The van der Waals surface area contributed by atoms with Crippen LogP contribution in [0.5, 0.6) is 5.75 Å². The summed E-state index contributed by atoms with van der Waals surface area (Å²) < 4.78 is 32.0. The van der Waals surface area contributed by atoms with E-state index in [1.54, 1.807) is 24.3 Å². The van der Waals surface area contributed by atoms with Crippen molar-refractivity contribution in [1.82, 2.24) is 5.32 Å². The molecule has 0 heterocycles.